The minimum absolute atomic E-state index is 0.594. The highest BCUT2D eigenvalue weighted by atomic mass is 16.3. The van der Waals surface area contributed by atoms with Gasteiger partial charge in [0, 0.05) is 12.8 Å². The number of rotatable bonds is 4. The molecule has 0 spiro atoms. The molecule has 4 nitrogen and oxygen atoms in total. The summed E-state index contributed by atoms with van der Waals surface area (Å²) in [4.78, 5) is 9.05. The third-order valence-electron chi connectivity index (χ3n) is 6.37. The fraction of sp³-hybridized carbons (Fsp3) is 0.161. The maximum atomic E-state index is 10.3. The van der Waals surface area contributed by atoms with Crippen LogP contribution >= 0.6 is 0 Å². The predicted molar refractivity (Wildman–Crippen MR) is 142 cm³/mol. The standard InChI is InChI=1S/C16H15NO.C15H13NO/c1-11-7-8-13-10-15(17-14(13)9-11)16(18)12-5-3-2-4-6-12;17-15(11-6-2-1-3-7-11)14-10-12-8-4-5-9-13(12)16-14/h2-9,16,18H,10H2,1H3;1-9,15,17H,10H2. The Morgan fingerprint density at radius 1 is 0.571 bits per heavy atom. The number of aryl methyl sites for hydroxylation is 1. The van der Waals surface area contributed by atoms with E-state index < -0.39 is 12.2 Å². The SMILES string of the molecule is Cc1ccc2c(c1)N=C(C(O)c1ccccc1)C2.OC(C1=Nc2ccccc2C1)c1ccccc1. The number of nitrogens with zero attached hydrogens (tertiary/aromatic N) is 2. The van der Waals surface area contributed by atoms with Crippen molar-refractivity contribution in [3.05, 3.63) is 131 Å². The van der Waals surface area contributed by atoms with Crippen LogP contribution in [0.15, 0.2) is 113 Å². The Hall–Kier alpha value is -3.86. The summed E-state index contributed by atoms with van der Waals surface area (Å²) in [6.45, 7) is 2.06. The van der Waals surface area contributed by atoms with Crippen LogP contribution in [0.2, 0.25) is 0 Å². The molecule has 4 aromatic rings. The highest BCUT2D eigenvalue weighted by Crippen LogP contribution is 2.32. The summed E-state index contributed by atoms with van der Waals surface area (Å²) in [6.07, 6.45) is 0.292. The number of hydrogen-bond acceptors (Lipinski definition) is 4. The fourth-order valence-electron chi connectivity index (χ4n) is 4.45. The van der Waals surface area contributed by atoms with E-state index in [0.29, 0.717) is 0 Å². The summed E-state index contributed by atoms with van der Waals surface area (Å²) in [7, 11) is 0. The number of aliphatic hydroxyl groups excluding tert-OH is 2. The van der Waals surface area contributed by atoms with Gasteiger partial charge >= 0.3 is 0 Å². The van der Waals surface area contributed by atoms with Crippen molar-refractivity contribution >= 4 is 22.8 Å². The second-order valence-electron chi connectivity index (χ2n) is 8.95. The lowest BCUT2D eigenvalue weighted by atomic mass is 10.0. The first-order valence-electron chi connectivity index (χ1n) is 11.9. The molecule has 0 radical (unpaired) electrons. The molecule has 0 saturated carbocycles. The molecule has 2 N–H and O–H groups in total. The van der Waals surface area contributed by atoms with E-state index in [9.17, 15) is 10.2 Å². The monoisotopic (exact) mass is 460 g/mol. The van der Waals surface area contributed by atoms with E-state index in [4.69, 9.17) is 0 Å². The van der Waals surface area contributed by atoms with Crippen LogP contribution in [-0.2, 0) is 12.8 Å². The summed E-state index contributed by atoms with van der Waals surface area (Å²) in [5.74, 6) is 0. The minimum atomic E-state index is -0.598. The largest absolute Gasteiger partial charge is 0.382 e. The number of benzene rings is 4. The first-order valence-corrected chi connectivity index (χ1v) is 11.9. The summed E-state index contributed by atoms with van der Waals surface area (Å²) in [6, 6.07) is 33.6. The van der Waals surface area contributed by atoms with E-state index in [2.05, 4.69) is 41.2 Å². The summed E-state index contributed by atoms with van der Waals surface area (Å²) in [5.41, 5.74) is 9.05. The van der Waals surface area contributed by atoms with Gasteiger partial charge in [0.1, 0.15) is 12.2 Å². The molecule has 0 saturated heterocycles. The van der Waals surface area contributed by atoms with E-state index >= 15 is 0 Å². The zero-order valence-electron chi connectivity index (χ0n) is 19.7. The normalized spacial score (nSPS) is 15.2. The van der Waals surface area contributed by atoms with Crippen molar-refractivity contribution in [1.82, 2.24) is 0 Å². The number of aliphatic hydroxyl groups is 2. The molecule has 0 aliphatic carbocycles. The van der Waals surface area contributed by atoms with Crippen LogP contribution < -0.4 is 0 Å². The second kappa shape index (κ2) is 10.2. The van der Waals surface area contributed by atoms with Gasteiger partial charge in [-0.05, 0) is 46.9 Å². The van der Waals surface area contributed by atoms with Gasteiger partial charge in [-0.3, -0.25) is 9.98 Å². The molecule has 4 heteroatoms. The van der Waals surface area contributed by atoms with Crippen molar-refractivity contribution in [3.8, 4) is 0 Å². The lowest BCUT2D eigenvalue weighted by molar-refractivity contribution is 0.246. The van der Waals surface area contributed by atoms with Gasteiger partial charge in [0.05, 0.1) is 22.8 Å². The average molecular weight is 461 g/mol. The molecule has 2 aliphatic heterocycles. The predicted octanol–water partition coefficient (Wildman–Crippen LogP) is 6.41. The molecule has 0 aromatic heterocycles. The molecule has 6 rings (SSSR count). The zero-order valence-corrected chi connectivity index (χ0v) is 19.7. The van der Waals surface area contributed by atoms with Crippen LogP contribution in [0.5, 0.6) is 0 Å². The number of aliphatic imine (C=N–C) groups is 2. The smallest absolute Gasteiger partial charge is 0.117 e. The molecule has 174 valence electrons. The number of hydrogen-bond donors (Lipinski definition) is 2. The molecular formula is C31H28N2O2. The van der Waals surface area contributed by atoms with E-state index in [1.54, 1.807) is 0 Å². The van der Waals surface area contributed by atoms with Crippen molar-refractivity contribution in [2.75, 3.05) is 0 Å². The Kier molecular flexibility index (Phi) is 6.66. The summed E-state index contributed by atoms with van der Waals surface area (Å²) in [5, 5.41) is 20.6. The molecule has 2 unspecified atom stereocenters. The lowest BCUT2D eigenvalue weighted by Crippen LogP contribution is -2.11. The van der Waals surface area contributed by atoms with Crippen LogP contribution in [-0.4, -0.2) is 21.6 Å². The highest BCUT2D eigenvalue weighted by Gasteiger charge is 2.22. The van der Waals surface area contributed by atoms with Crippen LogP contribution in [0.3, 0.4) is 0 Å². The van der Waals surface area contributed by atoms with Gasteiger partial charge in [-0.2, -0.15) is 0 Å². The molecule has 4 aromatic carbocycles. The van der Waals surface area contributed by atoms with Gasteiger partial charge in [0.25, 0.3) is 0 Å². The zero-order chi connectivity index (χ0) is 24.2. The number of fused-ring (bicyclic) bond motifs is 2. The van der Waals surface area contributed by atoms with Gasteiger partial charge in [-0.25, -0.2) is 0 Å². The number of para-hydroxylation sites is 1. The minimum Gasteiger partial charge on any atom is -0.382 e. The van der Waals surface area contributed by atoms with Gasteiger partial charge in [0.15, 0.2) is 0 Å². The van der Waals surface area contributed by atoms with E-state index in [-0.39, 0.29) is 0 Å². The first kappa shape index (κ1) is 22.9. The van der Waals surface area contributed by atoms with Crippen LogP contribution in [0.4, 0.5) is 11.4 Å². The van der Waals surface area contributed by atoms with Gasteiger partial charge in [0.2, 0.25) is 0 Å². The first-order chi connectivity index (χ1) is 17.1. The van der Waals surface area contributed by atoms with Crippen LogP contribution in [0.1, 0.15) is 40.0 Å². The van der Waals surface area contributed by atoms with Crippen LogP contribution in [0.25, 0.3) is 0 Å². The van der Waals surface area contributed by atoms with Crippen molar-refractivity contribution in [1.29, 1.82) is 0 Å². The third-order valence-corrected chi connectivity index (χ3v) is 6.37. The molecule has 35 heavy (non-hydrogen) atoms. The van der Waals surface area contributed by atoms with Crippen molar-refractivity contribution in [3.63, 3.8) is 0 Å². The Morgan fingerprint density at radius 2 is 1.06 bits per heavy atom. The highest BCUT2D eigenvalue weighted by molar-refractivity contribution is 5.98. The van der Waals surface area contributed by atoms with Gasteiger partial charge in [-0.15, -0.1) is 0 Å². The Bertz CT molecular complexity index is 1380. The lowest BCUT2D eigenvalue weighted by Gasteiger charge is -2.10. The van der Waals surface area contributed by atoms with Gasteiger partial charge < -0.3 is 10.2 Å². The molecule has 0 fully saturated rings. The average Bonchev–Trinajstić information content (AvgIpc) is 3.53. The van der Waals surface area contributed by atoms with Crippen LogP contribution in [0, 0.1) is 6.92 Å². The fourth-order valence-corrected chi connectivity index (χ4v) is 4.45. The van der Waals surface area contributed by atoms with Crippen molar-refractivity contribution in [2.45, 2.75) is 32.0 Å². The van der Waals surface area contributed by atoms with Crippen molar-refractivity contribution < 1.29 is 10.2 Å². The summed E-state index contributed by atoms with van der Waals surface area (Å²) < 4.78 is 0. The van der Waals surface area contributed by atoms with E-state index in [1.807, 2.05) is 78.9 Å². The molecule has 2 aliphatic rings. The molecule has 0 bridgehead atoms. The maximum Gasteiger partial charge on any atom is 0.117 e. The molecule has 2 atom stereocenters. The molecule has 2 heterocycles. The van der Waals surface area contributed by atoms with Gasteiger partial charge in [-0.1, -0.05) is 91.0 Å². The van der Waals surface area contributed by atoms with E-state index in [0.717, 1.165) is 46.8 Å². The quantitative estimate of drug-likeness (QED) is 0.370. The Labute approximate surface area is 206 Å². The molecular weight excluding hydrogens is 432 g/mol. The molecule has 0 amide bonds. The second-order valence-corrected chi connectivity index (χ2v) is 8.95. The topological polar surface area (TPSA) is 65.2 Å². The van der Waals surface area contributed by atoms with E-state index in [1.165, 1.54) is 16.7 Å². The van der Waals surface area contributed by atoms with Crippen molar-refractivity contribution in [2.24, 2.45) is 9.98 Å². The maximum absolute atomic E-state index is 10.3. The third kappa shape index (κ3) is 5.14. The summed E-state index contributed by atoms with van der Waals surface area (Å²) >= 11 is 0. The Balaban J connectivity index is 0.000000145. The Morgan fingerprint density at radius 3 is 1.63 bits per heavy atom.